The molecule has 0 spiro atoms. The minimum Gasteiger partial charge on any atom is -0.491 e. The standard InChI is InChI=1S/C17H28N2OS/c1-5-18-17(16-12-21-10-9-19(16)4)14-7-6-8-15(11-14)20-13(2)3/h6-8,11,13,16-18H,5,9-10,12H2,1-4H3. The molecule has 118 valence electrons. The van der Waals surface area contributed by atoms with Crippen LogP contribution in [0.4, 0.5) is 0 Å². The summed E-state index contributed by atoms with van der Waals surface area (Å²) in [5, 5.41) is 3.67. The summed E-state index contributed by atoms with van der Waals surface area (Å²) in [6, 6.07) is 9.47. The summed E-state index contributed by atoms with van der Waals surface area (Å²) in [4.78, 5) is 2.49. The van der Waals surface area contributed by atoms with Crippen LogP contribution in [-0.4, -0.2) is 48.7 Å². The fourth-order valence-electron chi connectivity index (χ4n) is 2.81. The maximum absolute atomic E-state index is 5.85. The molecular weight excluding hydrogens is 280 g/mol. The van der Waals surface area contributed by atoms with E-state index in [4.69, 9.17) is 4.74 Å². The van der Waals surface area contributed by atoms with Crippen molar-refractivity contribution in [3.05, 3.63) is 29.8 Å². The molecule has 2 atom stereocenters. The van der Waals surface area contributed by atoms with Gasteiger partial charge < -0.3 is 10.1 Å². The van der Waals surface area contributed by atoms with Gasteiger partial charge in [0.15, 0.2) is 0 Å². The quantitative estimate of drug-likeness (QED) is 0.872. The van der Waals surface area contributed by atoms with Crippen LogP contribution in [0.25, 0.3) is 0 Å². The predicted octanol–water partition coefficient (Wildman–Crippen LogP) is 3.17. The van der Waals surface area contributed by atoms with E-state index in [2.05, 4.69) is 68.0 Å². The highest BCUT2D eigenvalue weighted by atomic mass is 32.2. The van der Waals surface area contributed by atoms with Gasteiger partial charge in [-0.1, -0.05) is 19.1 Å². The molecule has 1 aliphatic heterocycles. The first kappa shape index (κ1) is 16.7. The van der Waals surface area contributed by atoms with Crippen LogP contribution >= 0.6 is 11.8 Å². The lowest BCUT2D eigenvalue weighted by Gasteiger charge is -2.38. The number of ether oxygens (including phenoxy) is 1. The number of thioether (sulfide) groups is 1. The summed E-state index contributed by atoms with van der Waals surface area (Å²) in [5.74, 6) is 3.39. The fourth-order valence-corrected chi connectivity index (χ4v) is 4.08. The van der Waals surface area contributed by atoms with Gasteiger partial charge >= 0.3 is 0 Å². The third kappa shape index (κ3) is 4.63. The molecule has 2 unspecified atom stereocenters. The summed E-state index contributed by atoms with van der Waals surface area (Å²) >= 11 is 2.06. The molecule has 21 heavy (non-hydrogen) atoms. The van der Waals surface area contributed by atoms with Crippen LogP contribution in [0.15, 0.2) is 24.3 Å². The highest BCUT2D eigenvalue weighted by Crippen LogP contribution is 2.29. The Kier molecular flexibility index (Phi) is 6.40. The van der Waals surface area contributed by atoms with Crippen molar-refractivity contribution in [3.63, 3.8) is 0 Å². The number of nitrogens with zero attached hydrogens (tertiary/aromatic N) is 1. The molecule has 4 heteroatoms. The van der Waals surface area contributed by atoms with E-state index in [1.54, 1.807) is 0 Å². The Morgan fingerprint density at radius 2 is 2.24 bits per heavy atom. The van der Waals surface area contributed by atoms with Crippen molar-refractivity contribution < 1.29 is 4.74 Å². The molecule has 0 amide bonds. The molecular formula is C17H28N2OS. The van der Waals surface area contributed by atoms with E-state index < -0.39 is 0 Å². The van der Waals surface area contributed by atoms with Gasteiger partial charge in [-0.25, -0.2) is 0 Å². The first-order valence-corrected chi connectivity index (χ1v) is 9.05. The number of hydrogen-bond acceptors (Lipinski definition) is 4. The molecule has 0 aromatic heterocycles. The summed E-state index contributed by atoms with van der Waals surface area (Å²) in [7, 11) is 2.24. The van der Waals surface area contributed by atoms with E-state index in [0.29, 0.717) is 12.1 Å². The van der Waals surface area contributed by atoms with Gasteiger partial charge in [0.05, 0.1) is 6.10 Å². The first-order chi connectivity index (χ1) is 10.1. The van der Waals surface area contributed by atoms with Gasteiger partial charge in [0.2, 0.25) is 0 Å². The number of rotatable bonds is 6. The van der Waals surface area contributed by atoms with Gasteiger partial charge in [-0.05, 0) is 45.1 Å². The van der Waals surface area contributed by atoms with Crippen LogP contribution < -0.4 is 10.1 Å². The molecule has 1 fully saturated rings. The van der Waals surface area contributed by atoms with E-state index in [-0.39, 0.29) is 6.10 Å². The van der Waals surface area contributed by atoms with Crippen molar-refractivity contribution in [2.75, 3.05) is 31.6 Å². The van der Waals surface area contributed by atoms with Crippen molar-refractivity contribution in [2.24, 2.45) is 0 Å². The van der Waals surface area contributed by atoms with Crippen LogP contribution in [0.2, 0.25) is 0 Å². The second-order valence-corrected chi connectivity index (χ2v) is 7.05. The fraction of sp³-hybridized carbons (Fsp3) is 0.647. The van der Waals surface area contributed by atoms with Crippen molar-refractivity contribution in [2.45, 2.75) is 39.0 Å². The molecule has 0 radical (unpaired) electrons. The number of hydrogen-bond donors (Lipinski definition) is 1. The van der Waals surface area contributed by atoms with Gasteiger partial charge in [0.1, 0.15) is 5.75 Å². The number of likely N-dealkylation sites (N-methyl/N-ethyl adjacent to an activating group) is 2. The summed E-state index contributed by atoms with van der Waals surface area (Å²) in [6.07, 6.45) is 0.214. The van der Waals surface area contributed by atoms with Gasteiger partial charge in [-0.2, -0.15) is 11.8 Å². The minimum absolute atomic E-state index is 0.214. The molecule has 1 heterocycles. The number of benzene rings is 1. The first-order valence-electron chi connectivity index (χ1n) is 7.89. The van der Waals surface area contributed by atoms with Gasteiger partial charge in [-0.15, -0.1) is 0 Å². The Morgan fingerprint density at radius 1 is 1.43 bits per heavy atom. The second kappa shape index (κ2) is 8.06. The molecule has 1 aromatic rings. The second-order valence-electron chi connectivity index (χ2n) is 5.90. The van der Waals surface area contributed by atoms with Crippen LogP contribution in [0.1, 0.15) is 32.4 Å². The normalized spacial score (nSPS) is 21.5. The molecule has 0 aliphatic carbocycles. The average molecular weight is 308 g/mol. The van der Waals surface area contributed by atoms with Crippen LogP contribution in [0.3, 0.4) is 0 Å². The van der Waals surface area contributed by atoms with Crippen LogP contribution in [-0.2, 0) is 0 Å². The highest BCUT2D eigenvalue weighted by Gasteiger charge is 2.28. The largest absolute Gasteiger partial charge is 0.491 e. The predicted molar refractivity (Wildman–Crippen MR) is 92.4 cm³/mol. The summed E-state index contributed by atoms with van der Waals surface area (Å²) < 4.78 is 5.85. The SMILES string of the molecule is CCNC(c1cccc(OC(C)C)c1)C1CSCCN1C. The van der Waals surface area contributed by atoms with Crippen molar-refractivity contribution in [3.8, 4) is 5.75 Å². The zero-order chi connectivity index (χ0) is 15.2. The Hall–Kier alpha value is -0.710. The Balaban J connectivity index is 2.20. The Morgan fingerprint density at radius 3 is 2.90 bits per heavy atom. The zero-order valence-electron chi connectivity index (χ0n) is 13.6. The van der Waals surface area contributed by atoms with E-state index in [1.807, 2.05) is 6.07 Å². The molecule has 3 nitrogen and oxygen atoms in total. The lowest BCUT2D eigenvalue weighted by Crippen LogP contribution is -2.47. The lowest BCUT2D eigenvalue weighted by molar-refractivity contribution is 0.215. The van der Waals surface area contributed by atoms with Crippen LogP contribution in [0.5, 0.6) is 5.75 Å². The average Bonchev–Trinajstić information content (AvgIpc) is 2.45. The van der Waals surface area contributed by atoms with Crippen LogP contribution in [0, 0.1) is 0 Å². The van der Waals surface area contributed by atoms with Gasteiger partial charge in [-0.3, -0.25) is 4.90 Å². The van der Waals surface area contributed by atoms with E-state index in [0.717, 1.165) is 12.3 Å². The minimum atomic E-state index is 0.214. The lowest BCUT2D eigenvalue weighted by atomic mass is 9.98. The van der Waals surface area contributed by atoms with E-state index in [9.17, 15) is 0 Å². The molecule has 0 bridgehead atoms. The molecule has 1 N–H and O–H groups in total. The molecule has 2 rings (SSSR count). The topological polar surface area (TPSA) is 24.5 Å². The molecule has 1 saturated heterocycles. The number of nitrogens with one attached hydrogen (secondary N) is 1. The Bertz CT molecular complexity index is 439. The maximum Gasteiger partial charge on any atom is 0.120 e. The molecule has 0 saturated carbocycles. The third-order valence-corrected chi connectivity index (χ3v) is 4.89. The zero-order valence-corrected chi connectivity index (χ0v) is 14.5. The van der Waals surface area contributed by atoms with Crippen molar-refractivity contribution in [1.29, 1.82) is 0 Å². The third-order valence-electron chi connectivity index (χ3n) is 3.84. The Labute approximate surface area is 133 Å². The highest BCUT2D eigenvalue weighted by molar-refractivity contribution is 7.99. The maximum atomic E-state index is 5.85. The van der Waals surface area contributed by atoms with Crippen molar-refractivity contribution in [1.82, 2.24) is 10.2 Å². The monoisotopic (exact) mass is 308 g/mol. The molecule has 1 aromatic carbocycles. The summed E-state index contributed by atoms with van der Waals surface area (Å²) in [5.41, 5.74) is 1.33. The molecule has 1 aliphatic rings. The summed E-state index contributed by atoms with van der Waals surface area (Å²) in [6.45, 7) is 8.46. The van der Waals surface area contributed by atoms with Gasteiger partial charge in [0.25, 0.3) is 0 Å². The van der Waals surface area contributed by atoms with E-state index >= 15 is 0 Å². The van der Waals surface area contributed by atoms with E-state index in [1.165, 1.54) is 23.6 Å². The van der Waals surface area contributed by atoms with Crippen molar-refractivity contribution >= 4 is 11.8 Å². The smallest absolute Gasteiger partial charge is 0.120 e. The van der Waals surface area contributed by atoms with Gasteiger partial charge in [0, 0.05) is 30.1 Å².